The fourth-order valence-corrected chi connectivity index (χ4v) is 2.00. The van der Waals surface area contributed by atoms with Gasteiger partial charge in [0, 0.05) is 5.92 Å². The average molecular weight is 327 g/mol. The predicted octanol–water partition coefficient (Wildman–Crippen LogP) is 2.23. The molecule has 2 fully saturated rings. The Balaban J connectivity index is 0.000000313. The molecule has 2 saturated carbocycles. The van der Waals surface area contributed by atoms with Crippen molar-refractivity contribution in [2.24, 2.45) is 10.9 Å². The second-order valence-electron chi connectivity index (χ2n) is 5.14. The molecule has 112 valence electrons. The van der Waals surface area contributed by atoms with Crippen molar-refractivity contribution in [1.82, 2.24) is 0 Å². The number of aliphatic hydroxyl groups excluding tert-OH is 1. The Morgan fingerprint density at radius 2 is 1.76 bits per heavy atom. The maximum Gasteiger partial charge on any atom is 2.00 e. The molecule has 2 aliphatic carbocycles. The zero-order valence-electron chi connectivity index (χ0n) is 12.3. The van der Waals surface area contributed by atoms with E-state index in [9.17, 15) is 0 Å². The summed E-state index contributed by atoms with van der Waals surface area (Å²) in [6, 6.07) is 0.251. The third kappa shape index (κ3) is 5.58. The van der Waals surface area contributed by atoms with Crippen LogP contribution in [0.3, 0.4) is 0 Å². The van der Waals surface area contributed by atoms with Gasteiger partial charge in [-0.05, 0) is 57.3 Å². The fraction of sp³-hybridized carbons (Fsp3) is 0.353. The molecule has 1 atom stereocenters. The number of ether oxygens (including phenoxy) is 1. The van der Waals surface area contributed by atoms with Gasteiger partial charge in [-0.25, -0.2) is 4.99 Å². The molecule has 0 aromatic heterocycles. The Kier molecular flexibility index (Phi) is 8.92. The summed E-state index contributed by atoms with van der Waals surface area (Å²) in [7, 11) is 0. The summed E-state index contributed by atoms with van der Waals surface area (Å²) in [6.07, 6.45) is 15.7. The van der Waals surface area contributed by atoms with E-state index in [4.69, 9.17) is 9.84 Å². The van der Waals surface area contributed by atoms with Crippen LogP contribution in [0.15, 0.2) is 4.99 Å². The summed E-state index contributed by atoms with van der Waals surface area (Å²) in [5.74, 6) is 3.00. The molecular weight excluding hydrogens is 306 g/mol. The molecule has 1 aliphatic heterocycles. The maximum atomic E-state index is 9.13. The number of rotatable bonds is 3. The molecule has 0 unspecified atom stereocenters. The molecule has 10 radical (unpaired) electrons. The first-order valence-corrected chi connectivity index (χ1v) is 6.95. The van der Waals surface area contributed by atoms with Crippen LogP contribution >= 0.6 is 0 Å². The summed E-state index contributed by atoms with van der Waals surface area (Å²) < 4.78 is 5.55. The topological polar surface area (TPSA) is 41.8 Å². The monoisotopic (exact) mass is 327 g/mol. The summed E-state index contributed by atoms with van der Waals surface area (Å²) in [5, 5.41) is 9.13. The van der Waals surface area contributed by atoms with Crippen molar-refractivity contribution in [3.63, 3.8) is 0 Å². The molecule has 0 bridgehead atoms. The van der Waals surface area contributed by atoms with Crippen molar-refractivity contribution in [2.75, 3.05) is 13.2 Å². The molecule has 1 heterocycles. The SMILES string of the molecule is CC(C)[C@H]1COC([C]2[CH][CH][CH][C]2CO)=N1.[CH]1[CH][CH][CH][CH]1.[Fe+2]. The first-order valence-electron chi connectivity index (χ1n) is 6.95. The van der Waals surface area contributed by atoms with Crippen LogP contribution in [0.1, 0.15) is 13.8 Å². The van der Waals surface area contributed by atoms with Gasteiger partial charge < -0.3 is 9.84 Å². The molecule has 0 spiro atoms. The normalized spacial score (nSPS) is 26.1. The van der Waals surface area contributed by atoms with E-state index >= 15 is 0 Å². The van der Waals surface area contributed by atoms with Gasteiger partial charge in [0.2, 0.25) is 0 Å². The number of hydrogen-bond donors (Lipinski definition) is 1. The summed E-state index contributed by atoms with van der Waals surface area (Å²) in [6.45, 7) is 4.97. The molecule has 3 aliphatic rings. The van der Waals surface area contributed by atoms with Crippen molar-refractivity contribution >= 4 is 5.90 Å². The molecule has 3 nitrogen and oxygen atoms in total. The summed E-state index contributed by atoms with van der Waals surface area (Å²) in [5.41, 5.74) is 0. The third-order valence-electron chi connectivity index (χ3n) is 3.31. The van der Waals surface area contributed by atoms with Crippen molar-refractivity contribution in [3.05, 3.63) is 63.2 Å². The van der Waals surface area contributed by atoms with Gasteiger partial charge in [-0.15, -0.1) is 0 Å². The van der Waals surface area contributed by atoms with Crippen LogP contribution < -0.4 is 0 Å². The molecule has 4 heteroatoms. The van der Waals surface area contributed by atoms with Gasteiger partial charge >= 0.3 is 17.1 Å². The third-order valence-corrected chi connectivity index (χ3v) is 3.31. The molecule has 0 aromatic carbocycles. The first-order chi connectivity index (χ1) is 9.72. The zero-order chi connectivity index (χ0) is 14.4. The number of hydrogen-bond acceptors (Lipinski definition) is 3. The molecule has 3 rings (SSSR count). The van der Waals surface area contributed by atoms with Gasteiger partial charge in [0.25, 0.3) is 0 Å². The molecule has 0 saturated heterocycles. The van der Waals surface area contributed by atoms with Gasteiger partial charge in [-0.3, -0.25) is 0 Å². The Hall–Kier alpha value is -0.0505. The van der Waals surface area contributed by atoms with E-state index in [0.717, 1.165) is 11.8 Å². The smallest absolute Gasteiger partial charge is 0.478 e. The van der Waals surface area contributed by atoms with Crippen molar-refractivity contribution < 1.29 is 26.9 Å². The second kappa shape index (κ2) is 9.86. The Morgan fingerprint density at radius 3 is 2.24 bits per heavy atom. The number of aliphatic imine (C=N–C) groups is 1. The first kappa shape index (κ1) is 19.0. The van der Waals surface area contributed by atoms with Crippen LogP contribution in [0.2, 0.25) is 0 Å². The van der Waals surface area contributed by atoms with Crippen molar-refractivity contribution in [3.8, 4) is 0 Å². The number of aliphatic hydroxyl groups is 1. The van der Waals surface area contributed by atoms with Crippen LogP contribution in [0.25, 0.3) is 0 Å². The van der Waals surface area contributed by atoms with Gasteiger partial charge in [-0.2, -0.15) is 0 Å². The Labute approximate surface area is 140 Å². The van der Waals surface area contributed by atoms with E-state index in [2.05, 4.69) is 18.8 Å². The minimum Gasteiger partial charge on any atom is -0.478 e. The maximum absolute atomic E-state index is 9.13. The largest absolute Gasteiger partial charge is 2.00 e. The van der Waals surface area contributed by atoms with Gasteiger partial charge in [0.15, 0.2) is 5.90 Å². The van der Waals surface area contributed by atoms with Crippen LogP contribution in [0, 0.1) is 69.1 Å². The van der Waals surface area contributed by atoms with Crippen LogP contribution in [-0.2, 0) is 21.8 Å². The summed E-state index contributed by atoms with van der Waals surface area (Å²) >= 11 is 0. The molecule has 1 N–H and O–H groups in total. The van der Waals surface area contributed by atoms with E-state index < -0.39 is 0 Å². The van der Waals surface area contributed by atoms with E-state index in [0.29, 0.717) is 18.4 Å². The van der Waals surface area contributed by atoms with Gasteiger partial charge in [-0.1, -0.05) is 13.8 Å². The minimum atomic E-state index is 0. The van der Waals surface area contributed by atoms with Crippen LogP contribution in [-0.4, -0.2) is 30.3 Å². The summed E-state index contributed by atoms with van der Waals surface area (Å²) in [4.78, 5) is 4.52. The standard InChI is InChI=1S/C12H16NO2.C5H5.Fe/c1-8(2)11-7-15-12(13-11)10-5-3-4-9(10)6-14;1-2-4-5-3-1;/h3-5,8,11,14H,6-7H2,1-2H3;1-5H;/q;;+2/t11-;;/m1../s1. The Morgan fingerprint density at radius 1 is 1.14 bits per heavy atom. The quantitative estimate of drug-likeness (QED) is 0.808. The van der Waals surface area contributed by atoms with Crippen LogP contribution in [0.4, 0.5) is 0 Å². The second-order valence-corrected chi connectivity index (χ2v) is 5.14. The van der Waals surface area contributed by atoms with E-state index in [1.54, 1.807) is 0 Å². The van der Waals surface area contributed by atoms with Crippen LogP contribution in [0.5, 0.6) is 0 Å². The van der Waals surface area contributed by atoms with E-state index in [1.165, 1.54) is 0 Å². The van der Waals surface area contributed by atoms with Gasteiger partial charge in [0.05, 0.1) is 18.6 Å². The van der Waals surface area contributed by atoms with E-state index in [1.807, 2.05) is 51.4 Å². The fourth-order valence-electron chi connectivity index (χ4n) is 2.00. The minimum absolute atomic E-state index is 0. The van der Waals surface area contributed by atoms with Crippen molar-refractivity contribution in [2.45, 2.75) is 19.9 Å². The molecule has 0 amide bonds. The average Bonchev–Trinajstić information content (AvgIpc) is 3.19. The molecular formula is C17H21FeNO2+2. The van der Waals surface area contributed by atoms with Crippen molar-refractivity contribution in [1.29, 1.82) is 0 Å². The molecule has 0 aromatic rings. The molecule has 21 heavy (non-hydrogen) atoms. The Bertz CT molecular complexity index is 308. The number of nitrogens with zero attached hydrogens (tertiary/aromatic N) is 1. The predicted molar refractivity (Wildman–Crippen MR) is 80.0 cm³/mol. The van der Waals surface area contributed by atoms with Gasteiger partial charge in [0.1, 0.15) is 6.61 Å². The van der Waals surface area contributed by atoms with E-state index in [-0.39, 0.29) is 29.7 Å². The zero-order valence-corrected chi connectivity index (χ0v) is 13.4.